The maximum atomic E-state index is 11.0. The van der Waals surface area contributed by atoms with Crippen molar-refractivity contribution in [3.05, 3.63) is 0 Å². The topological polar surface area (TPSA) is 38.3 Å². The zero-order valence-corrected chi connectivity index (χ0v) is 7.99. The molecule has 0 aromatic heterocycles. The van der Waals surface area contributed by atoms with E-state index in [2.05, 4.69) is 10.1 Å². The van der Waals surface area contributed by atoms with Crippen LogP contribution in [-0.2, 0) is 9.53 Å². The van der Waals surface area contributed by atoms with Gasteiger partial charge >= 0.3 is 12.1 Å². The second-order valence-corrected chi connectivity index (χ2v) is 2.80. The first kappa shape index (κ1) is 13.2. The van der Waals surface area contributed by atoms with Crippen molar-refractivity contribution >= 4 is 5.97 Å². The van der Waals surface area contributed by atoms with Gasteiger partial charge in [0.05, 0.1) is 7.11 Å². The monoisotopic (exact) mass is 213 g/mol. The molecular weight excluding hydrogens is 199 g/mol. The summed E-state index contributed by atoms with van der Waals surface area (Å²) in [5, 5.41) is 3.28. The number of carbonyl (C=O) groups is 1. The number of halogens is 3. The molecule has 1 saturated heterocycles. The van der Waals surface area contributed by atoms with Crippen LogP contribution in [0.4, 0.5) is 13.2 Å². The maximum Gasteiger partial charge on any atom is 0.490 e. The van der Waals surface area contributed by atoms with Crippen molar-refractivity contribution in [1.29, 1.82) is 0 Å². The summed E-state index contributed by atoms with van der Waals surface area (Å²) in [4.78, 5) is 9.49. The molecule has 0 aliphatic carbocycles. The van der Waals surface area contributed by atoms with Crippen LogP contribution in [0.15, 0.2) is 0 Å². The Morgan fingerprint density at radius 3 is 1.79 bits per heavy atom. The molecule has 0 saturated carbocycles. The highest BCUT2D eigenvalue weighted by Gasteiger charge is 2.39. The van der Waals surface area contributed by atoms with Gasteiger partial charge in [-0.15, -0.1) is 0 Å². The van der Waals surface area contributed by atoms with Crippen LogP contribution in [0.1, 0.15) is 19.3 Å². The molecule has 0 spiro atoms. The van der Waals surface area contributed by atoms with E-state index in [1.807, 2.05) is 0 Å². The second-order valence-electron chi connectivity index (χ2n) is 2.80. The van der Waals surface area contributed by atoms with E-state index in [-0.39, 0.29) is 0 Å². The molecule has 1 aliphatic rings. The van der Waals surface area contributed by atoms with Crippen molar-refractivity contribution in [3.8, 4) is 0 Å². The normalized spacial score (nSPS) is 16.6. The molecule has 14 heavy (non-hydrogen) atoms. The fourth-order valence-electron chi connectivity index (χ4n) is 0.918. The molecule has 0 atom stereocenters. The van der Waals surface area contributed by atoms with Crippen LogP contribution in [0.25, 0.3) is 0 Å². The molecule has 6 heteroatoms. The van der Waals surface area contributed by atoms with E-state index in [4.69, 9.17) is 0 Å². The standard InChI is InChI=1S/C5H11N.C3H3F3O2/c1-2-4-6-5-3-1;1-8-2(7)3(4,5)6/h6H,1-5H2;1H3. The average Bonchev–Trinajstić information content (AvgIpc) is 2.19. The maximum absolute atomic E-state index is 11.0. The molecule has 1 N–H and O–H groups in total. The van der Waals surface area contributed by atoms with Crippen LogP contribution in [-0.4, -0.2) is 32.3 Å². The van der Waals surface area contributed by atoms with Gasteiger partial charge in [-0.3, -0.25) is 0 Å². The highest BCUT2D eigenvalue weighted by Crippen LogP contribution is 2.15. The molecule has 0 radical (unpaired) electrons. The minimum absolute atomic E-state index is 0.676. The van der Waals surface area contributed by atoms with Gasteiger partial charge in [0, 0.05) is 0 Å². The Balaban J connectivity index is 0.000000249. The summed E-state index contributed by atoms with van der Waals surface area (Å²) >= 11 is 0. The van der Waals surface area contributed by atoms with Gasteiger partial charge < -0.3 is 10.1 Å². The number of nitrogens with one attached hydrogen (secondary N) is 1. The smallest absolute Gasteiger partial charge is 0.462 e. The molecule has 1 fully saturated rings. The van der Waals surface area contributed by atoms with Gasteiger partial charge in [-0.2, -0.15) is 13.2 Å². The van der Waals surface area contributed by atoms with Gasteiger partial charge in [0.1, 0.15) is 0 Å². The summed E-state index contributed by atoms with van der Waals surface area (Å²) in [6, 6.07) is 0. The minimum atomic E-state index is -4.85. The van der Waals surface area contributed by atoms with Crippen molar-refractivity contribution in [2.24, 2.45) is 0 Å². The molecule has 0 bridgehead atoms. The predicted molar refractivity (Wildman–Crippen MR) is 44.8 cm³/mol. The van der Waals surface area contributed by atoms with Crippen LogP contribution in [0, 0.1) is 0 Å². The summed E-state index contributed by atoms with van der Waals surface area (Å²) < 4.78 is 36.3. The van der Waals surface area contributed by atoms with Crippen molar-refractivity contribution in [2.75, 3.05) is 20.2 Å². The van der Waals surface area contributed by atoms with E-state index in [1.54, 1.807) is 0 Å². The van der Waals surface area contributed by atoms with Crippen LogP contribution in [0.2, 0.25) is 0 Å². The summed E-state index contributed by atoms with van der Waals surface area (Å²) in [6.07, 6.45) is -0.637. The fraction of sp³-hybridized carbons (Fsp3) is 0.875. The van der Waals surface area contributed by atoms with Crippen molar-refractivity contribution < 1.29 is 22.7 Å². The molecule has 1 heterocycles. The molecule has 84 valence electrons. The number of hydrogen-bond acceptors (Lipinski definition) is 3. The molecule has 1 aliphatic heterocycles. The van der Waals surface area contributed by atoms with E-state index < -0.39 is 12.1 Å². The molecule has 0 aromatic rings. The van der Waals surface area contributed by atoms with E-state index in [1.165, 1.54) is 32.4 Å². The first-order valence-electron chi connectivity index (χ1n) is 4.34. The zero-order chi connectivity index (χ0) is 11.0. The molecule has 1 rings (SSSR count). The Morgan fingerprint density at radius 1 is 1.21 bits per heavy atom. The number of piperidine rings is 1. The Kier molecular flexibility index (Phi) is 6.27. The van der Waals surface area contributed by atoms with Crippen LogP contribution < -0.4 is 5.32 Å². The minimum Gasteiger partial charge on any atom is -0.462 e. The van der Waals surface area contributed by atoms with Gasteiger partial charge in [0.25, 0.3) is 0 Å². The lowest BCUT2D eigenvalue weighted by Crippen LogP contribution is -2.23. The Labute approximate surface area is 80.6 Å². The number of methoxy groups -OCH3 is 1. The molecule has 0 aromatic carbocycles. The second kappa shape index (κ2) is 6.64. The van der Waals surface area contributed by atoms with Crippen LogP contribution >= 0.6 is 0 Å². The highest BCUT2D eigenvalue weighted by molar-refractivity contribution is 5.75. The van der Waals surface area contributed by atoms with Gasteiger partial charge in [-0.1, -0.05) is 6.42 Å². The van der Waals surface area contributed by atoms with Crippen LogP contribution in [0.3, 0.4) is 0 Å². The van der Waals surface area contributed by atoms with Crippen molar-refractivity contribution in [2.45, 2.75) is 25.4 Å². The summed E-state index contributed by atoms with van der Waals surface area (Å²) in [5.74, 6) is -2.17. The number of esters is 1. The predicted octanol–water partition coefficient (Wildman–Crippen LogP) is 1.48. The zero-order valence-electron chi connectivity index (χ0n) is 7.99. The SMILES string of the molecule is C1CCNCC1.COC(=O)C(F)(F)F. The fourth-order valence-corrected chi connectivity index (χ4v) is 0.918. The largest absolute Gasteiger partial charge is 0.490 e. The quantitative estimate of drug-likeness (QED) is 0.619. The van der Waals surface area contributed by atoms with Gasteiger partial charge in [0.15, 0.2) is 0 Å². The third-order valence-electron chi connectivity index (χ3n) is 1.62. The van der Waals surface area contributed by atoms with E-state index in [0.717, 1.165) is 0 Å². The highest BCUT2D eigenvalue weighted by atomic mass is 19.4. The van der Waals surface area contributed by atoms with E-state index >= 15 is 0 Å². The first-order valence-corrected chi connectivity index (χ1v) is 4.34. The Hall–Kier alpha value is -0.780. The van der Waals surface area contributed by atoms with Crippen molar-refractivity contribution in [1.82, 2.24) is 5.32 Å². The van der Waals surface area contributed by atoms with E-state index in [0.29, 0.717) is 7.11 Å². The average molecular weight is 213 g/mol. The Morgan fingerprint density at radius 2 is 1.71 bits per heavy atom. The number of rotatable bonds is 0. The summed E-state index contributed by atoms with van der Waals surface area (Å²) in [7, 11) is 0.676. The lowest BCUT2D eigenvalue weighted by atomic mass is 10.2. The number of alkyl halides is 3. The molecule has 3 nitrogen and oxygen atoms in total. The van der Waals surface area contributed by atoms with E-state index in [9.17, 15) is 18.0 Å². The molecule has 0 amide bonds. The molecular formula is C8H14F3NO2. The summed E-state index contributed by atoms with van der Waals surface area (Å²) in [5.41, 5.74) is 0. The first-order chi connectivity index (χ1) is 6.48. The van der Waals surface area contributed by atoms with Gasteiger partial charge in [-0.05, 0) is 25.9 Å². The van der Waals surface area contributed by atoms with Gasteiger partial charge in [-0.25, -0.2) is 4.79 Å². The van der Waals surface area contributed by atoms with Gasteiger partial charge in [0.2, 0.25) is 0 Å². The lowest BCUT2D eigenvalue weighted by molar-refractivity contribution is -0.196. The third-order valence-corrected chi connectivity index (χ3v) is 1.62. The number of carbonyl (C=O) groups excluding carboxylic acids is 1. The number of ether oxygens (including phenoxy) is 1. The number of hydrogen-bond donors (Lipinski definition) is 1. The third kappa shape index (κ3) is 6.71. The summed E-state index contributed by atoms with van der Waals surface area (Å²) in [6.45, 7) is 2.50. The lowest BCUT2D eigenvalue weighted by Gasteiger charge is -2.08. The molecule has 0 unspecified atom stereocenters. The van der Waals surface area contributed by atoms with Crippen molar-refractivity contribution in [3.63, 3.8) is 0 Å². The Bertz CT molecular complexity index is 155. The van der Waals surface area contributed by atoms with Crippen LogP contribution in [0.5, 0.6) is 0 Å².